The van der Waals surface area contributed by atoms with Gasteiger partial charge in [-0.3, -0.25) is 0 Å². The Hall–Kier alpha value is -2.00. The first kappa shape index (κ1) is 11.1. The summed E-state index contributed by atoms with van der Waals surface area (Å²) in [6, 6.07) is 0. The lowest BCUT2D eigenvalue weighted by atomic mass is 10.1. The lowest BCUT2D eigenvalue weighted by Crippen LogP contribution is -2.28. The maximum atomic E-state index is 10.4. The maximum absolute atomic E-state index is 10.4. The molecule has 15 heavy (non-hydrogen) atoms. The monoisotopic (exact) mass is 217 g/mol. The van der Waals surface area contributed by atoms with Crippen LogP contribution in [0.3, 0.4) is 0 Å². The summed E-state index contributed by atoms with van der Waals surface area (Å²) in [5, 5.41) is 36.9. The van der Waals surface area contributed by atoms with Crippen molar-refractivity contribution in [1.29, 1.82) is 0 Å². The van der Waals surface area contributed by atoms with Crippen LogP contribution in [0.2, 0.25) is 0 Å². The van der Waals surface area contributed by atoms with Crippen LogP contribution < -0.4 is 0 Å². The molecule has 0 aliphatic carbocycles. The van der Waals surface area contributed by atoms with Gasteiger partial charge in [-0.05, 0) is 4.92 Å². The second-order valence-electron chi connectivity index (χ2n) is 2.62. The molecule has 9 heteroatoms. The van der Waals surface area contributed by atoms with Crippen molar-refractivity contribution < 1.29 is 25.0 Å². The molecule has 0 amide bonds. The first-order valence-electron chi connectivity index (χ1n) is 3.71. The number of nitrogens with zero attached hydrogens (tertiary/aromatic N) is 2. The van der Waals surface area contributed by atoms with Gasteiger partial charge in [-0.15, -0.1) is 0 Å². The number of H-pyrrole nitrogens is 1. The number of aliphatic carboxylic acids is 1. The summed E-state index contributed by atoms with van der Waals surface area (Å²) in [6.45, 7) is 0. The van der Waals surface area contributed by atoms with Crippen molar-refractivity contribution in [3.8, 4) is 0 Å². The van der Waals surface area contributed by atoms with Crippen LogP contribution in [0.25, 0.3) is 0 Å². The number of rotatable bonds is 4. The van der Waals surface area contributed by atoms with Gasteiger partial charge in [0.15, 0.2) is 18.1 Å². The number of aliphatic hydroxyl groups is 2. The zero-order valence-corrected chi connectivity index (χ0v) is 7.19. The second-order valence-corrected chi connectivity index (χ2v) is 2.62. The molecule has 82 valence electrons. The Morgan fingerprint density at radius 2 is 2.20 bits per heavy atom. The fraction of sp³-hybridized carbons (Fsp3) is 0.333. The summed E-state index contributed by atoms with van der Waals surface area (Å²) in [6.07, 6.45) is -3.19. The average Bonchev–Trinajstić information content (AvgIpc) is 2.63. The van der Waals surface area contributed by atoms with Crippen molar-refractivity contribution in [2.75, 3.05) is 0 Å². The molecule has 2 unspecified atom stereocenters. The van der Waals surface area contributed by atoms with Gasteiger partial charge in [0.1, 0.15) is 6.10 Å². The Morgan fingerprint density at radius 3 is 2.67 bits per heavy atom. The van der Waals surface area contributed by atoms with Gasteiger partial charge in [0.2, 0.25) is 0 Å². The number of imidazole rings is 1. The van der Waals surface area contributed by atoms with Crippen molar-refractivity contribution in [2.24, 2.45) is 0 Å². The third-order valence-electron chi connectivity index (χ3n) is 1.66. The van der Waals surface area contributed by atoms with Crippen LogP contribution in [-0.4, -0.2) is 42.3 Å². The van der Waals surface area contributed by atoms with Crippen LogP contribution in [-0.2, 0) is 4.79 Å². The summed E-state index contributed by atoms with van der Waals surface area (Å²) in [5.74, 6) is -2.34. The Labute approximate surface area is 82.2 Å². The smallest absolute Gasteiger partial charge is 0.346 e. The SMILES string of the molecule is O=C(O)C(O)C(O)c1nc[nH]c1[N+](=O)[O-]. The highest BCUT2D eigenvalue weighted by atomic mass is 16.6. The molecule has 0 fully saturated rings. The van der Waals surface area contributed by atoms with E-state index >= 15 is 0 Å². The highest BCUT2D eigenvalue weighted by Gasteiger charge is 2.32. The first-order valence-corrected chi connectivity index (χ1v) is 3.71. The van der Waals surface area contributed by atoms with Gasteiger partial charge < -0.3 is 25.4 Å². The van der Waals surface area contributed by atoms with E-state index in [2.05, 4.69) is 9.97 Å². The molecule has 0 saturated heterocycles. The number of carboxylic acids is 1. The molecule has 0 aliphatic rings. The minimum Gasteiger partial charge on any atom is -0.479 e. The number of aromatic amines is 1. The number of carbonyl (C=O) groups is 1. The number of hydrogen-bond acceptors (Lipinski definition) is 6. The Balaban J connectivity index is 3.00. The number of hydrogen-bond donors (Lipinski definition) is 4. The normalized spacial score (nSPS) is 14.5. The highest BCUT2D eigenvalue weighted by Crippen LogP contribution is 2.23. The van der Waals surface area contributed by atoms with Crippen LogP contribution >= 0.6 is 0 Å². The molecule has 2 atom stereocenters. The average molecular weight is 217 g/mol. The van der Waals surface area contributed by atoms with E-state index in [-0.39, 0.29) is 0 Å². The van der Waals surface area contributed by atoms with E-state index < -0.39 is 34.6 Å². The van der Waals surface area contributed by atoms with Crippen molar-refractivity contribution in [2.45, 2.75) is 12.2 Å². The van der Waals surface area contributed by atoms with E-state index in [9.17, 15) is 20.0 Å². The molecule has 1 aromatic rings. The van der Waals surface area contributed by atoms with Gasteiger partial charge in [0.25, 0.3) is 0 Å². The predicted octanol–water partition coefficient (Wildman–Crippen LogP) is -1.20. The van der Waals surface area contributed by atoms with Crippen molar-refractivity contribution >= 4 is 11.8 Å². The fourth-order valence-corrected chi connectivity index (χ4v) is 0.945. The predicted molar refractivity (Wildman–Crippen MR) is 43.8 cm³/mol. The van der Waals surface area contributed by atoms with E-state index in [1.807, 2.05) is 0 Å². The summed E-state index contributed by atoms with van der Waals surface area (Å²) in [4.78, 5) is 25.3. The minimum absolute atomic E-state index is 0.519. The van der Waals surface area contributed by atoms with E-state index in [0.29, 0.717) is 0 Å². The van der Waals surface area contributed by atoms with Gasteiger partial charge in [-0.2, -0.15) is 0 Å². The molecular weight excluding hydrogens is 210 g/mol. The number of nitro groups is 1. The van der Waals surface area contributed by atoms with E-state index in [1.54, 1.807) is 0 Å². The Bertz CT molecular complexity index is 388. The first-order chi connectivity index (χ1) is 6.95. The number of carboxylic acid groups (broad SMARTS) is 1. The van der Waals surface area contributed by atoms with Crippen LogP contribution in [0, 0.1) is 10.1 Å². The van der Waals surface area contributed by atoms with E-state index in [1.165, 1.54) is 0 Å². The molecule has 0 aliphatic heterocycles. The molecule has 1 heterocycles. The largest absolute Gasteiger partial charge is 0.479 e. The van der Waals surface area contributed by atoms with Crippen molar-refractivity contribution in [3.63, 3.8) is 0 Å². The highest BCUT2D eigenvalue weighted by molar-refractivity contribution is 5.73. The van der Waals surface area contributed by atoms with E-state index in [0.717, 1.165) is 6.33 Å². The molecule has 0 saturated carbocycles. The lowest BCUT2D eigenvalue weighted by molar-refractivity contribution is -0.390. The summed E-state index contributed by atoms with van der Waals surface area (Å²) in [5.41, 5.74) is -0.519. The van der Waals surface area contributed by atoms with E-state index in [4.69, 9.17) is 10.2 Å². The van der Waals surface area contributed by atoms with Gasteiger partial charge in [0, 0.05) is 0 Å². The zero-order chi connectivity index (χ0) is 11.6. The second kappa shape index (κ2) is 4.02. The quantitative estimate of drug-likeness (QED) is 0.365. The Kier molecular flexibility index (Phi) is 2.97. The standard InChI is InChI=1S/C6H7N3O6/c10-3(4(11)6(12)13)2-5(9(14)15)8-1-7-2/h1,3-4,10-11H,(H,7,8)(H,12,13). The third kappa shape index (κ3) is 2.08. The Morgan fingerprint density at radius 1 is 1.60 bits per heavy atom. The summed E-state index contributed by atoms with van der Waals surface area (Å²) >= 11 is 0. The third-order valence-corrected chi connectivity index (χ3v) is 1.66. The summed E-state index contributed by atoms with van der Waals surface area (Å²) < 4.78 is 0. The fourth-order valence-electron chi connectivity index (χ4n) is 0.945. The lowest BCUT2D eigenvalue weighted by Gasteiger charge is -2.10. The van der Waals surface area contributed by atoms with Gasteiger partial charge >= 0.3 is 11.8 Å². The van der Waals surface area contributed by atoms with Crippen LogP contribution in [0.1, 0.15) is 11.8 Å². The zero-order valence-electron chi connectivity index (χ0n) is 7.19. The molecule has 4 N–H and O–H groups in total. The minimum atomic E-state index is -2.16. The van der Waals surface area contributed by atoms with Gasteiger partial charge in [-0.25, -0.2) is 14.8 Å². The van der Waals surface area contributed by atoms with Crippen molar-refractivity contribution in [3.05, 3.63) is 22.1 Å². The molecule has 0 radical (unpaired) electrons. The van der Waals surface area contributed by atoms with Crippen LogP contribution in [0.5, 0.6) is 0 Å². The van der Waals surface area contributed by atoms with Gasteiger partial charge in [0.05, 0.1) is 0 Å². The number of aromatic nitrogens is 2. The number of nitrogens with one attached hydrogen (secondary N) is 1. The molecule has 1 aromatic heterocycles. The van der Waals surface area contributed by atoms with Crippen LogP contribution in [0.15, 0.2) is 6.33 Å². The van der Waals surface area contributed by atoms with Crippen LogP contribution in [0.4, 0.5) is 5.82 Å². The topological polar surface area (TPSA) is 150 Å². The molecule has 0 aromatic carbocycles. The number of aliphatic hydroxyl groups excluding tert-OH is 2. The molecule has 0 spiro atoms. The summed E-state index contributed by atoms with van der Waals surface area (Å²) in [7, 11) is 0. The molecule has 9 nitrogen and oxygen atoms in total. The molecular formula is C6H7N3O6. The van der Waals surface area contributed by atoms with Gasteiger partial charge in [-0.1, -0.05) is 0 Å². The maximum Gasteiger partial charge on any atom is 0.346 e. The molecule has 1 rings (SSSR count). The molecule has 0 bridgehead atoms. The van der Waals surface area contributed by atoms with Crippen molar-refractivity contribution in [1.82, 2.24) is 9.97 Å².